The first-order valence-electron chi connectivity index (χ1n) is 7.98. The number of carboxylic acids is 1. The molecule has 2 aliphatic rings. The van der Waals surface area contributed by atoms with Crippen LogP contribution in [0.1, 0.15) is 32.7 Å². The Morgan fingerprint density at radius 2 is 1.92 bits per heavy atom. The van der Waals surface area contributed by atoms with Gasteiger partial charge in [0, 0.05) is 24.2 Å². The molecule has 1 unspecified atom stereocenters. The van der Waals surface area contributed by atoms with Gasteiger partial charge in [0.2, 0.25) is 5.78 Å². The summed E-state index contributed by atoms with van der Waals surface area (Å²) in [7, 11) is 0. The number of fused-ring (bicyclic) bond motifs is 2. The van der Waals surface area contributed by atoms with Crippen LogP contribution in [-0.4, -0.2) is 39.9 Å². The van der Waals surface area contributed by atoms with Crippen molar-refractivity contribution in [1.29, 1.82) is 0 Å². The minimum Gasteiger partial charge on any atom is -0.478 e. The number of anilines is 1. The van der Waals surface area contributed by atoms with Gasteiger partial charge in [-0.05, 0) is 43.3 Å². The number of aliphatic hydroxyl groups is 1. The third kappa shape index (κ3) is 2.26. The minimum atomic E-state index is -1.63. The highest BCUT2D eigenvalue weighted by atomic mass is 16.4. The van der Waals surface area contributed by atoms with Gasteiger partial charge in [0.15, 0.2) is 5.60 Å². The molecular weight excluding hydrogens is 320 g/mol. The lowest BCUT2D eigenvalue weighted by Crippen LogP contribution is -2.48. The molecule has 2 N–H and O–H groups in total. The zero-order chi connectivity index (χ0) is 17.8. The van der Waals surface area contributed by atoms with Crippen LogP contribution in [0.5, 0.6) is 0 Å². The molecule has 2 heterocycles. The van der Waals surface area contributed by atoms with Crippen molar-refractivity contribution in [2.75, 3.05) is 11.4 Å². The number of hydrogen-bond donors (Lipinski definition) is 2. The van der Waals surface area contributed by atoms with Crippen LogP contribution < -0.4 is 4.90 Å². The van der Waals surface area contributed by atoms with Gasteiger partial charge < -0.3 is 15.1 Å². The van der Waals surface area contributed by atoms with Crippen LogP contribution in [0.15, 0.2) is 47.5 Å². The lowest BCUT2D eigenvalue weighted by Gasteiger charge is -2.29. The van der Waals surface area contributed by atoms with E-state index in [1.165, 1.54) is 12.1 Å². The number of Topliss-reactive ketones (excluding diaryl/α,β-unsaturated/α-hetero) is 1. The SMILES string of the molecule is Cc1ccc2c(c1)C(=O)C1(O)CCN(c3ccc(C(=O)O)cc3)C1=N2. The topological polar surface area (TPSA) is 90.2 Å². The van der Waals surface area contributed by atoms with Gasteiger partial charge in [0.05, 0.1) is 11.3 Å². The Morgan fingerprint density at radius 3 is 2.60 bits per heavy atom. The molecule has 2 aromatic carbocycles. The van der Waals surface area contributed by atoms with E-state index in [0.717, 1.165) is 5.56 Å². The molecule has 25 heavy (non-hydrogen) atoms. The summed E-state index contributed by atoms with van der Waals surface area (Å²) in [5.41, 5.74) is 1.17. The summed E-state index contributed by atoms with van der Waals surface area (Å²) in [4.78, 5) is 30.2. The molecule has 1 saturated heterocycles. The van der Waals surface area contributed by atoms with Crippen molar-refractivity contribution in [1.82, 2.24) is 0 Å². The Hall–Kier alpha value is -2.99. The molecule has 1 fully saturated rings. The zero-order valence-corrected chi connectivity index (χ0v) is 13.6. The number of amidine groups is 1. The first kappa shape index (κ1) is 15.5. The van der Waals surface area contributed by atoms with E-state index in [1.807, 2.05) is 13.0 Å². The first-order chi connectivity index (χ1) is 11.9. The van der Waals surface area contributed by atoms with E-state index in [4.69, 9.17) is 5.11 Å². The van der Waals surface area contributed by atoms with Gasteiger partial charge in [-0.1, -0.05) is 11.6 Å². The molecule has 6 heteroatoms. The van der Waals surface area contributed by atoms with Crippen molar-refractivity contribution in [3.63, 3.8) is 0 Å². The van der Waals surface area contributed by atoms with Gasteiger partial charge in [-0.3, -0.25) is 4.79 Å². The van der Waals surface area contributed by atoms with E-state index in [1.54, 1.807) is 29.2 Å². The number of aliphatic imine (C=N–C) groups is 1. The molecule has 0 aromatic heterocycles. The third-order valence-corrected chi connectivity index (χ3v) is 4.75. The Balaban J connectivity index is 1.79. The second-order valence-electron chi connectivity index (χ2n) is 6.40. The average molecular weight is 336 g/mol. The van der Waals surface area contributed by atoms with E-state index in [-0.39, 0.29) is 17.8 Å². The van der Waals surface area contributed by atoms with Crippen molar-refractivity contribution in [3.8, 4) is 0 Å². The molecule has 1 atom stereocenters. The van der Waals surface area contributed by atoms with Crippen LogP contribution >= 0.6 is 0 Å². The Kier molecular flexibility index (Phi) is 3.27. The molecule has 0 amide bonds. The number of hydrogen-bond acceptors (Lipinski definition) is 5. The number of aryl methyl sites for hydroxylation is 1. The summed E-state index contributed by atoms with van der Waals surface area (Å²) < 4.78 is 0. The molecular formula is C19H16N2O4. The fourth-order valence-electron chi connectivity index (χ4n) is 3.38. The molecule has 126 valence electrons. The molecule has 2 aliphatic heterocycles. The Morgan fingerprint density at radius 1 is 1.20 bits per heavy atom. The van der Waals surface area contributed by atoms with Crippen LogP contribution in [0.4, 0.5) is 11.4 Å². The number of nitrogens with zero attached hydrogens (tertiary/aromatic N) is 2. The van der Waals surface area contributed by atoms with Crippen molar-refractivity contribution in [3.05, 3.63) is 59.2 Å². The number of aromatic carboxylic acids is 1. The lowest BCUT2D eigenvalue weighted by molar-refractivity contribution is 0.0602. The van der Waals surface area contributed by atoms with Crippen LogP contribution in [-0.2, 0) is 0 Å². The maximum absolute atomic E-state index is 12.9. The summed E-state index contributed by atoms with van der Waals surface area (Å²) in [6, 6.07) is 11.7. The predicted molar refractivity (Wildman–Crippen MR) is 92.9 cm³/mol. The zero-order valence-electron chi connectivity index (χ0n) is 13.6. The maximum Gasteiger partial charge on any atom is 0.335 e. The standard InChI is InChI=1S/C19H16N2O4/c1-11-2-7-15-14(10-11)16(22)19(25)8-9-21(18(19)20-15)13-5-3-12(4-6-13)17(23)24/h2-7,10,25H,8-9H2,1H3,(H,23,24). The molecule has 0 aliphatic carbocycles. The highest BCUT2D eigenvalue weighted by Crippen LogP contribution is 2.39. The average Bonchev–Trinajstić information content (AvgIpc) is 2.94. The molecule has 4 rings (SSSR count). The fourth-order valence-corrected chi connectivity index (χ4v) is 3.38. The largest absolute Gasteiger partial charge is 0.478 e. The van der Waals surface area contributed by atoms with Gasteiger partial charge in [0.1, 0.15) is 5.84 Å². The maximum atomic E-state index is 12.9. The summed E-state index contributed by atoms with van der Waals surface area (Å²) in [5.74, 6) is -1.03. The second-order valence-corrected chi connectivity index (χ2v) is 6.40. The molecule has 6 nitrogen and oxygen atoms in total. The van der Waals surface area contributed by atoms with E-state index in [9.17, 15) is 14.7 Å². The third-order valence-electron chi connectivity index (χ3n) is 4.75. The predicted octanol–water partition coefficient (Wildman–Crippen LogP) is 2.56. The van der Waals surface area contributed by atoms with Crippen molar-refractivity contribution >= 4 is 29.0 Å². The normalized spacial score (nSPS) is 21.6. The minimum absolute atomic E-state index is 0.181. The number of carbonyl (C=O) groups excluding carboxylic acids is 1. The number of benzene rings is 2. The number of carboxylic acid groups (broad SMARTS) is 1. The molecule has 0 saturated carbocycles. The van der Waals surface area contributed by atoms with Crippen LogP contribution in [0.25, 0.3) is 0 Å². The van der Waals surface area contributed by atoms with Gasteiger partial charge in [0.25, 0.3) is 0 Å². The summed E-state index contributed by atoms with van der Waals surface area (Å²) >= 11 is 0. The second kappa shape index (κ2) is 5.26. The lowest BCUT2D eigenvalue weighted by atomic mass is 9.87. The molecule has 0 spiro atoms. The van der Waals surface area contributed by atoms with E-state index >= 15 is 0 Å². The van der Waals surface area contributed by atoms with Gasteiger partial charge >= 0.3 is 5.97 Å². The first-order valence-corrected chi connectivity index (χ1v) is 7.98. The fraction of sp³-hybridized carbons (Fsp3) is 0.211. The van der Waals surface area contributed by atoms with E-state index in [2.05, 4.69) is 4.99 Å². The van der Waals surface area contributed by atoms with E-state index < -0.39 is 11.6 Å². The van der Waals surface area contributed by atoms with Gasteiger partial charge in [-0.2, -0.15) is 0 Å². The van der Waals surface area contributed by atoms with Gasteiger partial charge in [-0.25, -0.2) is 9.79 Å². The summed E-state index contributed by atoms with van der Waals surface area (Å²) in [6.45, 7) is 2.32. The van der Waals surface area contributed by atoms with Crippen molar-refractivity contribution < 1.29 is 19.8 Å². The summed E-state index contributed by atoms with van der Waals surface area (Å²) in [5, 5.41) is 20.0. The monoisotopic (exact) mass is 336 g/mol. The smallest absolute Gasteiger partial charge is 0.335 e. The molecule has 0 bridgehead atoms. The number of ketones is 1. The highest BCUT2D eigenvalue weighted by molar-refractivity contribution is 6.28. The Labute approximate surface area is 144 Å². The summed E-state index contributed by atoms with van der Waals surface area (Å²) in [6.07, 6.45) is 0.249. The van der Waals surface area contributed by atoms with Crippen molar-refractivity contribution in [2.24, 2.45) is 4.99 Å². The van der Waals surface area contributed by atoms with Crippen molar-refractivity contribution in [2.45, 2.75) is 18.9 Å². The number of rotatable bonds is 2. The van der Waals surface area contributed by atoms with Crippen LogP contribution in [0.2, 0.25) is 0 Å². The van der Waals surface area contributed by atoms with Crippen LogP contribution in [0, 0.1) is 6.92 Å². The quantitative estimate of drug-likeness (QED) is 0.879. The number of carbonyl (C=O) groups is 2. The molecule has 2 aromatic rings. The van der Waals surface area contributed by atoms with E-state index in [0.29, 0.717) is 29.3 Å². The van der Waals surface area contributed by atoms with Gasteiger partial charge in [-0.15, -0.1) is 0 Å². The molecule has 0 radical (unpaired) electrons. The van der Waals surface area contributed by atoms with Crippen LogP contribution in [0.3, 0.4) is 0 Å². The highest BCUT2D eigenvalue weighted by Gasteiger charge is 2.52. The Bertz CT molecular complexity index is 933.